The summed E-state index contributed by atoms with van der Waals surface area (Å²) in [5.41, 5.74) is 1.18. The fourth-order valence-electron chi connectivity index (χ4n) is 5.02. The molecular formula is C24H34N4O2. The van der Waals surface area contributed by atoms with Crippen molar-refractivity contribution in [1.29, 1.82) is 0 Å². The molecule has 3 heterocycles. The Bertz CT molecular complexity index is 874. The zero-order valence-corrected chi connectivity index (χ0v) is 18.3. The lowest BCUT2D eigenvalue weighted by Crippen LogP contribution is -2.53. The summed E-state index contributed by atoms with van der Waals surface area (Å²) in [7, 11) is 0. The van der Waals surface area contributed by atoms with Crippen LogP contribution in [0.4, 0.5) is 0 Å². The van der Waals surface area contributed by atoms with E-state index in [1.807, 2.05) is 21.9 Å². The lowest BCUT2D eigenvalue weighted by atomic mass is 9.92. The number of hydrogen-bond acceptors (Lipinski definition) is 3. The summed E-state index contributed by atoms with van der Waals surface area (Å²) < 4.78 is 2.16. The van der Waals surface area contributed by atoms with Crippen molar-refractivity contribution < 1.29 is 9.59 Å². The molecule has 2 atom stereocenters. The highest BCUT2D eigenvalue weighted by Crippen LogP contribution is 2.21. The Morgan fingerprint density at radius 2 is 1.60 bits per heavy atom. The van der Waals surface area contributed by atoms with E-state index in [1.54, 1.807) is 0 Å². The van der Waals surface area contributed by atoms with Gasteiger partial charge in [-0.05, 0) is 35.8 Å². The number of hydrogen-bond donors (Lipinski definition) is 0. The van der Waals surface area contributed by atoms with Gasteiger partial charge in [0.2, 0.25) is 11.8 Å². The Balaban J connectivity index is 1.22. The Morgan fingerprint density at radius 1 is 0.900 bits per heavy atom. The van der Waals surface area contributed by atoms with E-state index in [0.29, 0.717) is 44.4 Å². The number of piperidine rings is 1. The lowest BCUT2D eigenvalue weighted by molar-refractivity contribution is -0.137. The fraction of sp³-hybridized carbons (Fsp3) is 0.583. The standard InChI is InChI=1S/C24H34N4O2/c1-19-15-20(2)17-28(16-19)24(30)18-25-11-13-27(14-12-25)23(29)8-10-26-9-7-21-5-3-4-6-22(21)26/h3-7,9,19-20H,8,10-18H2,1-2H3. The first kappa shape index (κ1) is 20.9. The van der Waals surface area contributed by atoms with E-state index >= 15 is 0 Å². The third kappa shape index (κ3) is 4.86. The number of aryl methyl sites for hydroxylation is 1. The number of benzene rings is 1. The van der Waals surface area contributed by atoms with Crippen LogP contribution in [0.15, 0.2) is 36.5 Å². The number of para-hydroxylation sites is 1. The van der Waals surface area contributed by atoms with E-state index in [1.165, 1.54) is 17.3 Å². The van der Waals surface area contributed by atoms with Gasteiger partial charge < -0.3 is 14.4 Å². The van der Waals surface area contributed by atoms with Gasteiger partial charge in [-0.2, -0.15) is 0 Å². The van der Waals surface area contributed by atoms with Gasteiger partial charge in [0, 0.05) is 63.9 Å². The molecule has 1 aromatic carbocycles. The topological polar surface area (TPSA) is 48.8 Å². The largest absolute Gasteiger partial charge is 0.347 e. The van der Waals surface area contributed by atoms with Gasteiger partial charge in [-0.25, -0.2) is 0 Å². The fourth-order valence-corrected chi connectivity index (χ4v) is 5.02. The molecule has 2 fully saturated rings. The van der Waals surface area contributed by atoms with Gasteiger partial charge in [0.25, 0.3) is 0 Å². The molecule has 2 unspecified atom stereocenters. The number of aromatic nitrogens is 1. The number of fused-ring (bicyclic) bond motifs is 1. The molecule has 0 spiro atoms. The smallest absolute Gasteiger partial charge is 0.236 e. The van der Waals surface area contributed by atoms with E-state index in [9.17, 15) is 9.59 Å². The summed E-state index contributed by atoms with van der Waals surface area (Å²) in [6, 6.07) is 10.4. The molecule has 2 saturated heterocycles. The quantitative estimate of drug-likeness (QED) is 0.762. The van der Waals surface area contributed by atoms with Crippen LogP contribution in [-0.4, -0.2) is 76.9 Å². The zero-order chi connectivity index (χ0) is 21.1. The third-order valence-electron chi connectivity index (χ3n) is 6.55. The summed E-state index contributed by atoms with van der Waals surface area (Å²) in [4.78, 5) is 31.6. The first-order chi connectivity index (χ1) is 14.5. The minimum atomic E-state index is 0.206. The molecule has 0 aliphatic carbocycles. The molecule has 0 saturated carbocycles. The van der Waals surface area contributed by atoms with Gasteiger partial charge in [-0.1, -0.05) is 32.0 Å². The van der Waals surface area contributed by atoms with Crippen molar-refractivity contribution in [3.63, 3.8) is 0 Å². The van der Waals surface area contributed by atoms with Crippen LogP contribution >= 0.6 is 0 Å². The molecule has 6 nitrogen and oxygen atoms in total. The normalized spacial score (nSPS) is 23.1. The second kappa shape index (κ2) is 9.21. The number of likely N-dealkylation sites (tertiary alicyclic amines) is 1. The predicted molar refractivity (Wildman–Crippen MR) is 119 cm³/mol. The average Bonchev–Trinajstić information content (AvgIpc) is 3.15. The minimum absolute atomic E-state index is 0.206. The van der Waals surface area contributed by atoms with E-state index < -0.39 is 0 Å². The average molecular weight is 411 g/mol. The molecule has 0 N–H and O–H groups in total. The van der Waals surface area contributed by atoms with Crippen LogP contribution in [0.3, 0.4) is 0 Å². The summed E-state index contributed by atoms with van der Waals surface area (Å²) in [6.45, 7) is 10.4. The maximum atomic E-state index is 12.7. The number of nitrogens with zero attached hydrogens (tertiary/aromatic N) is 4. The number of piperazine rings is 1. The summed E-state index contributed by atoms with van der Waals surface area (Å²) in [5.74, 6) is 1.62. The van der Waals surface area contributed by atoms with E-state index in [2.05, 4.69) is 47.7 Å². The molecule has 1 aromatic heterocycles. The molecule has 0 radical (unpaired) electrons. The SMILES string of the molecule is CC1CC(C)CN(C(=O)CN2CCN(C(=O)CCn3ccc4ccccc43)CC2)C1. The summed E-state index contributed by atoms with van der Waals surface area (Å²) in [6.07, 6.45) is 3.79. The Kier molecular flexibility index (Phi) is 6.42. The summed E-state index contributed by atoms with van der Waals surface area (Å²) in [5, 5.41) is 1.21. The van der Waals surface area contributed by atoms with Crippen LogP contribution in [-0.2, 0) is 16.1 Å². The van der Waals surface area contributed by atoms with Crippen molar-refractivity contribution in [2.45, 2.75) is 33.2 Å². The second-order valence-electron chi connectivity index (χ2n) is 9.22. The van der Waals surface area contributed by atoms with Crippen LogP contribution in [0.5, 0.6) is 0 Å². The van der Waals surface area contributed by atoms with Crippen molar-refractivity contribution in [1.82, 2.24) is 19.3 Å². The van der Waals surface area contributed by atoms with Gasteiger partial charge >= 0.3 is 0 Å². The van der Waals surface area contributed by atoms with Gasteiger partial charge in [0.1, 0.15) is 0 Å². The maximum Gasteiger partial charge on any atom is 0.236 e. The molecular weight excluding hydrogens is 376 g/mol. The third-order valence-corrected chi connectivity index (χ3v) is 6.55. The highest BCUT2D eigenvalue weighted by Gasteiger charge is 2.28. The van der Waals surface area contributed by atoms with Crippen molar-refractivity contribution in [2.24, 2.45) is 11.8 Å². The van der Waals surface area contributed by atoms with Crippen LogP contribution in [0.1, 0.15) is 26.7 Å². The molecule has 2 aromatic rings. The molecule has 162 valence electrons. The number of amides is 2. The number of carbonyl (C=O) groups excluding carboxylic acids is 2. The molecule has 2 aliphatic heterocycles. The van der Waals surface area contributed by atoms with Gasteiger partial charge in [-0.3, -0.25) is 14.5 Å². The molecule has 2 aliphatic rings. The second-order valence-corrected chi connectivity index (χ2v) is 9.22. The Morgan fingerprint density at radius 3 is 2.33 bits per heavy atom. The van der Waals surface area contributed by atoms with Crippen molar-refractivity contribution >= 4 is 22.7 Å². The van der Waals surface area contributed by atoms with Crippen LogP contribution in [0.2, 0.25) is 0 Å². The number of carbonyl (C=O) groups is 2. The van der Waals surface area contributed by atoms with Crippen molar-refractivity contribution in [3.8, 4) is 0 Å². The monoisotopic (exact) mass is 410 g/mol. The zero-order valence-electron chi connectivity index (χ0n) is 18.3. The maximum absolute atomic E-state index is 12.7. The molecule has 0 bridgehead atoms. The van der Waals surface area contributed by atoms with Crippen molar-refractivity contribution in [3.05, 3.63) is 36.5 Å². The number of rotatable bonds is 5. The van der Waals surface area contributed by atoms with Gasteiger partial charge in [-0.15, -0.1) is 0 Å². The predicted octanol–water partition coefficient (Wildman–Crippen LogP) is 2.68. The first-order valence-corrected chi connectivity index (χ1v) is 11.3. The van der Waals surface area contributed by atoms with E-state index in [4.69, 9.17) is 0 Å². The molecule has 2 amide bonds. The lowest BCUT2D eigenvalue weighted by Gasteiger charge is -2.38. The van der Waals surface area contributed by atoms with E-state index in [0.717, 1.165) is 26.2 Å². The highest BCUT2D eigenvalue weighted by molar-refractivity contribution is 5.81. The van der Waals surface area contributed by atoms with Crippen LogP contribution in [0.25, 0.3) is 10.9 Å². The molecule has 30 heavy (non-hydrogen) atoms. The van der Waals surface area contributed by atoms with E-state index in [-0.39, 0.29) is 11.8 Å². The summed E-state index contributed by atoms with van der Waals surface area (Å²) >= 11 is 0. The van der Waals surface area contributed by atoms with Crippen molar-refractivity contribution in [2.75, 3.05) is 45.8 Å². The Hall–Kier alpha value is -2.34. The molecule has 6 heteroatoms. The van der Waals surface area contributed by atoms with Gasteiger partial charge in [0.15, 0.2) is 0 Å². The Labute approximate surface area is 179 Å². The minimum Gasteiger partial charge on any atom is -0.347 e. The van der Waals surface area contributed by atoms with Crippen LogP contribution in [0, 0.1) is 11.8 Å². The van der Waals surface area contributed by atoms with Crippen LogP contribution < -0.4 is 0 Å². The first-order valence-electron chi connectivity index (χ1n) is 11.3. The molecule has 4 rings (SSSR count). The van der Waals surface area contributed by atoms with Gasteiger partial charge in [0.05, 0.1) is 6.54 Å². The highest BCUT2D eigenvalue weighted by atomic mass is 16.2.